The number of rotatable bonds is 3. The van der Waals surface area contributed by atoms with Gasteiger partial charge in [0.25, 0.3) is 5.91 Å². The quantitative estimate of drug-likeness (QED) is 0.829. The predicted octanol–water partition coefficient (Wildman–Crippen LogP) is 0.257. The van der Waals surface area contributed by atoms with Gasteiger partial charge in [-0.1, -0.05) is 0 Å². The molecular weight excluding hydrogens is 322 g/mol. The van der Waals surface area contributed by atoms with E-state index in [0.717, 1.165) is 31.4 Å². The molecule has 8 heteroatoms. The summed E-state index contributed by atoms with van der Waals surface area (Å²) in [5.74, 6) is -0.116. The highest BCUT2D eigenvalue weighted by atomic mass is 16.5. The van der Waals surface area contributed by atoms with Gasteiger partial charge >= 0.3 is 0 Å². The Kier molecular flexibility index (Phi) is 4.41. The van der Waals surface area contributed by atoms with Crippen molar-refractivity contribution in [2.24, 2.45) is 0 Å². The summed E-state index contributed by atoms with van der Waals surface area (Å²) in [7, 11) is 0. The van der Waals surface area contributed by atoms with E-state index in [9.17, 15) is 9.90 Å². The second-order valence-corrected chi connectivity index (χ2v) is 7.01. The number of carbonyl (C=O) groups excluding carboxylic acids is 1. The molecule has 2 N–H and O–H groups in total. The first-order valence-corrected chi connectivity index (χ1v) is 8.75. The average molecular weight is 345 g/mol. The van der Waals surface area contributed by atoms with Crippen LogP contribution in [0.1, 0.15) is 23.2 Å². The summed E-state index contributed by atoms with van der Waals surface area (Å²) in [6, 6.07) is 5.25. The van der Waals surface area contributed by atoms with Gasteiger partial charge in [-0.05, 0) is 44.1 Å². The third-order valence-electron chi connectivity index (χ3n) is 4.93. The molecule has 1 atom stereocenters. The lowest BCUT2D eigenvalue weighted by atomic mass is 10.0. The number of H-pyrrole nitrogens is 1. The van der Waals surface area contributed by atoms with Crippen LogP contribution in [0.2, 0.25) is 0 Å². The lowest BCUT2D eigenvalue weighted by Crippen LogP contribution is -2.53. The number of nitrogens with zero attached hydrogens (tertiary/aromatic N) is 4. The molecule has 2 aliphatic rings. The van der Waals surface area contributed by atoms with E-state index in [4.69, 9.17) is 4.74 Å². The van der Waals surface area contributed by atoms with Crippen LogP contribution in [0, 0.1) is 0 Å². The third kappa shape index (κ3) is 3.51. The molecule has 8 nitrogen and oxygen atoms in total. The fourth-order valence-corrected chi connectivity index (χ4v) is 3.70. The molecule has 1 aromatic carbocycles. The fourth-order valence-electron chi connectivity index (χ4n) is 3.70. The van der Waals surface area contributed by atoms with Crippen molar-refractivity contribution in [3.63, 3.8) is 0 Å². The topological polar surface area (TPSA) is 94.6 Å². The van der Waals surface area contributed by atoms with Crippen LogP contribution in [0.15, 0.2) is 18.2 Å². The molecule has 0 saturated carbocycles. The van der Waals surface area contributed by atoms with Gasteiger partial charge < -0.3 is 19.6 Å². The van der Waals surface area contributed by atoms with Crippen molar-refractivity contribution in [3.05, 3.63) is 23.8 Å². The second-order valence-electron chi connectivity index (χ2n) is 7.01. The molecule has 0 bridgehead atoms. The molecule has 0 spiro atoms. The number of ether oxygens (including phenoxy) is 1. The number of β-amino-alcohol motifs (C(OH)–C–C–N with tert-alkyl or cyclic N) is 1. The number of hydrogen-bond acceptors (Lipinski definition) is 6. The van der Waals surface area contributed by atoms with Crippen molar-refractivity contribution in [1.82, 2.24) is 25.2 Å². The SMILES string of the molecule is O=C(c1ccc2n[nH]nc2c1)N1CCOC[C@@](O)(CN2CCCC2)C1. The smallest absolute Gasteiger partial charge is 0.254 e. The van der Waals surface area contributed by atoms with Crippen LogP contribution in [-0.4, -0.2) is 87.8 Å². The van der Waals surface area contributed by atoms with Crippen LogP contribution in [0.25, 0.3) is 11.0 Å². The van der Waals surface area contributed by atoms with Crippen LogP contribution in [0.3, 0.4) is 0 Å². The molecule has 1 amide bonds. The highest BCUT2D eigenvalue weighted by Gasteiger charge is 2.36. The maximum atomic E-state index is 12.9. The van der Waals surface area contributed by atoms with E-state index >= 15 is 0 Å². The number of fused-ring (bicyclic) bond motifs is 1. The van der Waals surface area contributed by atoms with Crippen LogP contribution in [-0.2, 0) is 4.74 Å². The molecule has 2 aliphatic heterocycles. The molecule has 25 heavy (non-hydrogen) atoms. The summed E-state index contributed by atoms with van der Waals surface area (Å²) >= 11 is 0. The molecule has 0 unspecified atom stereocenters. The molecule has 0 aliphatic carbocycles. The summed E-state index contributed by atoms with van der Waals surface area (Å²) in [6.45, 7) is 3.98. The van der Waals surface area contributed by atoms with Crippen LogP contribution < -0.4 is 0 Å². The lowest BCUT2D eigenvalue weighted by Gasteiger charge is -2.34. The number of benzene rings is 1. The Balaban J connectivity index is 1.52. The van der Waals surface area contributed by atoms with Crippen molar-refractivity contribution < 1.29 is 14.6 Å². The summed E-state index contributed by atoms with van der Waals surface area (Å²) < 4.78 is 5.60. The van der Waals surface area contributed by atoms with Gasteiger partial charge in [0, 0.05) is 18.7 Å². The molecule has 4 rings (SSSR count). The monoisotopic (exact) mass is 345 g/mol. The van der Waals surface area contributed by atoms with Gasteiger partial charge in [-0.15, -0.1) is 0 Å². The number of aromatic nitrogens is 3. The zero-order valence-corrected chi connectivity index (χ0v) is 14.1. The van der Waals surface area contributed by atoms with E-state index in [2.05, 4.69) is 20.3 Å². The highest BCUT2D eigenvalue weighted by molar-refractivity contribution is 5.97. The van der Waals surface area contributed by atoms with Crippen molar-refractivity contribution in [3.8, 4) is 0 Å². The largest absolute Gasteiger partial charge is 0.384 e. The molecular formula is C17H23N5O3. The Hall–Kier alpha value is -2.03. The number of hydrogen-bond donors (Lipinski definition) is 2. The van der Waals surface area contributed by atoms with E-state index in [1.165, 1.54) is 0 Å². The van der Waals surface area contributed by atoms with Crippen LogP contribution in [0.5, 0.6) is 0 Å². The van der Waals surface area contributed by atoms with Crippen molar-refractivity contribution >= 4 is 16.9 Å². The average Bonchev–Trinajstić information content (AvgIpc) is 3.23. The van der Waals surface area contributed by atoms with Gasteiger partial charge in [-0.25, -0.2) is 0 Å². The Morgan fingerprint density at radius 3 is 2.88 bits per heavy atom. The number of aliphatic hydroxyl groups is 1. The fraction of sp³-hybridized carbons (Fsp3) is 0.588. The Morgan fingerprint density at radius 1 is 1.24 bits per heavy atom. The standard InChI is InChI=1S/C17H23N5O3/c23-16(13-3-4-14-15(9-13)19-20-18-14)22-7-8-25-12-17(24,11-22)10-21-5-1-2-6-21/h3-4,9,24H,1-2,5-8,10-12H2,(H,18,19,20)/t17-/m1/s1. The van der Waals surface area contributed by atoms with E-state index < -0.39 is 5.60 Å². The summed E-state index contributed by atoms with van der Waals surface area (Å²) in [5.41, 5.74) is 0.895. The first-order valence-electron chi connectivity index (χ1n) is 8.75. The summed E-state index contributed by atoms with van der Waals surface area (Å²) in [6.07, 6.45) is 2.33. The van der Waals surface area contributed by atoms with Crippen molar-refractivity contribution in [2.45, 2.75) is 18.4 Å². The van der Waals surface area contributed by atoms with E-state index in [-0.39, 0.29) is 19.1 Å². The Bertz CT molecular complexity index is 758. The zero-order chi connectivity index (χ0) is 17.3. The first-order chi connectivity index (χ1) is 12.1. The minimum absolute atomic E-state index is 0.116. The summed E-state index contributed by atoms with van der Waals surface area (Å²) in [5, 5.41) is 21.6. The lowest BCUT2D eigenvalue weighted by molar-refractivity contribution is -0.0524. The molecule has 0 radical (unpaired) electrons. The number of aromatic amines is 1. The maximum absolute atomic E-state index is 12.9. The van der Waals surface area contributed by atoms with E-state index in [1.807, 2.05) is 0 Å². The van der Waals surface area contributed by atoms with E-state index in [1.54, 1.807) is 23.1 Å². The third-order valence-corrected chi connectivity index (χ3v) is 4.93. The van der Waals surface area contributed by atoms with Gasteiger partial charge in [0.05, 0.1) is 19.8 Å². The number of amides is 1. The van der Waals surface area contributed by atoms with Crippen molar-refractivity contribution in [2.75, 3.05) is 45.9 Å². The predicted molar refractivity (Wildman–Crippen MR) is 91.2 cm³/mol. The minimum atomic E-state index is -1.03. The van der Waals surface area contributed by atoms with Crippen LogP contribution >= 0.6 is 0 Å². The minimum Gasteiger partial charge on any atom is -0.384 e. The number of likely N-dealkylation sites (tertiary alicyclic amines) is 1. The first kappa shape index (κ1) is 16.4. The normalized spacial score (nSPS) is 25.4. The van der Waals surface area contributed by atoms with Crippen molar-refractivity contribution in [1.29, 1.82) is 0 Å². The van der Waals surface area contributed by atoms with Gasteiger partial charge in [0.15, 0.2) is 0 Å². The second kappa shape index (κ2) is 6.70. The maximum Gasteiger partial charge on any atom is 0.254 e. The van der Waals surface area contributed by atoms with Gasteiger partial charge in [0.2, 0.25) is 0 Å². The zero-order valence-electron chi connectivity index (χ0n) is 14.1. The molecule has 134 valence electrons. The molecule has 2 fully saturated rings. The Labute approximate surface area is 145 Å². The molecule has 1 aromatic heterocycles. The van der Waals surface area contributed by atoms with Gasteiger partial charge in [-0.3, -0.25) is 4.79 Å². The van der Waals surface area contributed by atoms with Crippen LogP contribution in [0.4, 0.5) is 0 Å². The molecule has 2 aromatic rings. The van der Waals surface area contributed by atoms with Gasteiger partial charge in [0.1, 0.15) is 16.6 Å². The van der Waals surface area contributed by atoms with E-state index in [0.29, 0.717) is 30.8 Å². The Morgan fingerprint density at radius 2 is 2.04 bits per heavy atom. The van der Waals surface area contributed by atoms with Gasteiger partial charge in [-0.2, -0.15) is 15.4 Å². The number of carbonyl (C=O) groups is 1. The number of nitrogens with one attached hydrogen (secondary N) is 1. The molecule has 2 saturated heterocycles. The highest BCUT2D eigenvalue weighted by Crippen LogP contribution is 2.20. The summed E-state index contributed by atoms with van der Waals surface area (Å²) in [4.78, 5) is 16.9. The molecule has 3 heterocycles.